The van der Waals surface area contributed by atoms with Crippen LogP contribution in [0.25, 0.3) is 9.40 Å². The van der Waals surface area contributed by atoms with Crippen molar-refractivity contribution in [3.05, 3.63) is 22.4 Å². The van der Waals surface area contributed by atoms with E-state index in [9.17, 15) is 0 Å². The van der Waals surface area contributed by atoms with Gasteiger partial charge in [0.05, 0.1) is 19.8 Å². The molecule has 0 atom stereocenters. The van der Waals surface area contributed by atoms with Crippen molar-refractivity contribution in [2.24, 2.45) is 10.7 Å². The van der Waals surface area contributed by atoms with Crippen LogP contribution in [0.3, 0.4) is 0 Å². The molecule has 1 aliphatic rings. The lowest BCUT2D eigenvalue weighted by atomic mass is 10.4. The van der Waals surface area contributed by atoms with Crippen LogP contribution >= 0.6 is 46.7 Å². The van der Waals surface area contributed by atoms with Gasteiger partial charge in [0, 0.05) is 27.4 Å². The molecule has 7 heteroatoms. The number of thiophene rings is 2. The summed E-state index contributed by atoms with van der Waals surface area (Å²) in [5, 5.41) is 2.12. The van der Waals surface area contributed by atoms with Gasteiger partial charge in [-0.2, -0.15) is 0 Å². The largest absolute Gasteiger partial charge is 0.378 e. The van der Waals surface area contributed by atoms with Gasteiger partial charge in [0.25, 0.3) is 0 Å². The minimum atomic E-state index is 0. The summed E-state index contributed by atoms with van der Waals surface area (Å²) >= 11 is 3.57. The third-order valence-corrected chi connectivity index (χ3v) is 5.00. The summed E-state index contributed by atoms with van der Waals surface area (Å²) in [6.07, 6.45) is 0. The first-order valence-electron chi connectivity index (χ1n) is 5.91. The minimum absolute atomic E-state index is 0. The van der Waals surface area contributed by atoms with E-state index < -0.39 is 0 Å². The lowest BCUT2D eigenvalue weighted by molar-refractivity contribution is 0.0674. The van der Waals surface area contributed by atoms with Crippen molar-refractivity contribution in [3.63, 3.8) is 0 Å². The molecular formula is C12H16IN3OS2. The number of morpholine rings is 1. The molecule has 19 heavy (non-hydrogen) atoms. The van der Waals surface area contributed by atoms with Crippen LogP contribution in [0.15, 0.2) is 22.5 Å². The number of fused-ring (bicyclic) bond motifs is 1. The van der Waals surface area contributed by atoms with Crippen LogP contribution in [0.2, 0.25) is 0 Å². The fourth-order valence-corrected chi connectivity index (χ4v) is 4.00. The fourth-order valence-electron chi connectivity index (χ4n) is 1.95. The summed E-state index contributed by atoms with van der Waals surface area (Å²) in [6, 6.07) is 4.37. The van der Waals surface area contributed by atoms with Crippen LogP contribution in [-0.2, 0) is 11.3 Å². The van der Waals surface area contributed by atoms with Crippen molar-refractivity contribution in [1.82, 2.24) is 4.90 Å². The maximum atomic E-state index is 5.99. The van der Waals surface area contributed by atoms with E-state index in [1.807, 2.05) is 0 Å². The Morgan fingerprint density at radius 2 is 2.16 bits per heavy atom. The Kier molecular flexibility index (Phi) is 5.43. The lowest BCUT2D eigenvalue weighted by Gasteiger charge is -2.27. The molecular weight excluding hydrogens is 393 g/mol. The Morgan fingerprint density at radius 1 is 1.37 bits per heavy atom. The van der Waals surface area contributed by atoms with E-state index in [0.717, 1.165) is 26.3 Å². The molecule has 2 aromatic heterocycles. The number of halogens is 1. The predicted octanol–water partition coefficient (Wildman–Crippen LogP) is 2.73. The van der Waals surface area contributed by atoms with Crippen LogP contribution in [0, 0.1) is 0 Å². The highest BCUT2D eigenvalue weighted by molar-refractivity contribution is 14.0. The number of nitrogens with zero attached hydrogens (tertiary/aromatic N) is 2. The first-order valence-corrected chi connectivity index (χ1v) is 7.61. The van der Waals surface area contributed by atoms with Crippen LogP contribution in [0.5, 0.6) is 0 Å². The molecule has 0 saturated carbocycles. The van der Waals surface area contributed by atoms with Gasteiger partial charge in [-0.15, -0.1) is 46.7 Å². The molecule has 3 rings (SSSR count). The second-order valence-electron chi connectivity index (χ2n) is 4.14. The van der Waals surface area contributed by atoms with Crippen molar-refractivity contribution in [2.75, 3.05) is 26.3 Å². The quantitative estimate of drug-likeness (QED) is 0.472. The van der Waals surface area contributed by atoms with E-state index in [0.29, 0.717) is 12.5 Å². The van der Waals surface area contributed by atoms with Gasteiger partial charge in [-0.25, -0.2) is 4.99 Å². The van der Waals surface area contributed by atoms with Crippen LogP contribution in [0.4, 0.5) is 0 Å². The Labute approximate surface area is 137 Å². The van der Waals surface area contributed by atoms with Gasteiger partial charge in [-0.05, 0) is 17.5 Å². The maximum Gasteiger partial charge on any atom is 0.191 e. The van der Waals surface area contributed by atoms with Crippen LogP contribution in [0.1, 0.15) is 4.88 Å². The highest BCUT2D eigenvalue weighted by Crippen LogP contribution is 2.30. The van der Waals surface area contributed by atoms with E-state index in [1.54, 1.807) is 22.7 Å². The average Bonchev–Trinajstić information content (AvgIpc) is 2.97. The minimum Gasteiger partial charge on any atom is -0.378 e. The molecule has 3 heterocycles. The van der Waals surface area contributed by atoms with Gasteiger partial charge in [0.15, 0.2) is 5.96 Å². The zero-order valence-electron chi connectivity index (χ0n) is 10.4. The van der Waals surface area contributed by atoms with Crippen molar-refractivity contribution >= 4 is 62.0 Å². The summed E-state index contributed by atoms with van der Waals surface area (Å²) in [5.41, 5.74) is 5.99. The van der Waals surface area contributed by atoms with E-state index in [2.05, 4.69) is 27.4 Å². The molecule has 0 bridgehead atoms. The number of nitrogens with two attached hydrogens (primary N) is 1. The second-order valence-corrected chi connectivity index (χ2v) is 6.25. The van der Waals surface area contributed by atoms with Crippen molar-refractivity contribution < 1.29 is 4.74 Å². The Bertz CT molecular complexity index is 532. The summed E-state index contributed by atoms with van der Waals surface area (Å²) in [5.74, 6) is 0.634. The Balaban J connectivity index is 0.00000133. The molecule has 0 radical (unpaired) electrons. The normalized spacial score (nSPS) is 16.6. The SMILES string of the molecule is I.NC(=NCc1cc2sccc2s1)N1CCOCC1. The molecule has 4 nitrogen and oxygen atoms in total. The lowest BCUT2D eigenvalue weighted by Crippen LogP contribution is -2.44. The van der Waals surface area contributed by atoms with E-state index >= 15 is 0 Å². The first-order chi connectivity index (χ1) is 8.83. The number of aliphatic imine (C=N–C) groups is 1. The van der Waals surface area contributed by atoms with E-state index in [4.69, 9.17) is 10.5 Å². The molecule has 2 N–H and O–H groups in total. The highest BCUT2D eigenvalue weighted by atomic mass is 127. The molecule has 0 aromatic carbocycles. The van der Waals surface area contributed by atoms with Gasteiger partial charge < -0.3 is 15.4 Å². The third-order valence-electron chi connectivity index (χ3n) is 2.92. The van der Waals surface area contributed by atoms with Gasteiger partial charge in [0.1, 0.15) is 0 Å². The van der Waals surface area contributed by atoms with Gasteiger partial charge in [-0.1, -0.05) is 0 Å². The van der Waals surface area contributed by atoms with Crippen molar-refractivity contribution in [3.8, 4) is 0 Å². The number of guanidine groups is 1. The summed E-state index contributed by atoms with van der Waals surface area (Å²) in [6.45, 7) is 3.84. The molecule has 1 aliphatic heterocycles. The molecule has 0 aliphatic carbocycles. The average molecular weight is 409 g/mol. The number of hydrogen-bond acceptors (Lipinski definition) is 4. The number of ether oxygens (including phenoxy) is 1. The van der Waals surface area contributed by atoms with E-state index in [1.165, 1.54) is 14.3 Å². The van der Waals surface area contributed by atoms with Gasteiger partial charge in [-0.3, -0.25) is 0 Å². The standard InChI is InChI=1S/C12H15N3OS2.HI/c13-12(15-2-4-16-5-3-15)14-8-9-7-11-10(18-9)1-6-17-11;/h1,6-7H,2-5,8H2,(H2,13,14);1H. The predicted molar refractivity (Wildman–Crippen MR) is 92.8 cm³/mol. The molecule has 1 saturated heterocycles. The number of rotatable bonds is 2. The third kappa shape index (κ3) is 3.59. The van der Waals surface area contributed by atoms with E-state index in [-0.39, 0.29) is 24.0 Å². The Morgan fingerprint density at radius 3 is 2.89 bits per heavy atom. The molecule has 1 fully saturated rings. The zero-order valence-corrected chi connectivity index (χ0v) is 14.3. The number of hydrogen-bond donors (Lipinski definition) is 1. The van der Waals surface area contributed by atoms with Gasteiger partial charge in [0.2, 0.25) is 0 Å². The molecule has 0 amide bonds. The Hall–Kier alpha value is -0.380. The van der Waals surface area contributed by atoms with Crippen molar-refractivity contribution in [2.45, 2.75) is 6.54 Å². The van der Waals surface area contributed by atoms with Gasteiger partial charge >= 0.3 is 0 Å². The molecule has 104 valence electrons. The van der Waals surface area contributed by atoms with Crippen LogP contribution < -0.4 is 5.73 Å². The smallest absolute Gasteiger partial charge is 0.191 e. The molecule has 2 aromatic rings. The van der Waals surface area contributed by atoms with Crippen LogP contribution in [-0.4, -0.2) is 37.2 Å². The topological polar surface area (TPSA) is 50.8 Å². The highest BCUT2D eigenvalue weighted by Gasteiger charge is 2.12. The van der Waals surface area contributed by atoms with Crippen molar-refractivity contribution in [1.29, 1.82) is 0 Å². The monoisotopic (exact) mass is 409 g/mol. The fraction of sp³-hybridized carbons (Fsp3) is 0.417. The molecule has 0 spiro atoms. The zero-order chi connectivity index (χ0) is 12.4. The molecule has 0 unspecified atom stereocenters. The summed E-state index contributed by atoms with van der Waals surface area (Å²) in [7, 11) is 0. The first kappa shape index (κ1) is 15.0. The maximum absolute atomic E-state index is 5.99. The summed E-state index contributed by atoms with van der Waals surface area (Å²) < 4.78 is 7.98. The second kappa shape index (κ2) is 6.87. The summed E-state index contributed by atoms with van der Waals surface area (Å²) in [4.78, 5) is 7.83.